The molecule has 1 aromatic carbocycles. The van der Waals surface area contributed by atoms with Crippen molar-refractivity contribution in [2.75, 3.05) is 14.1 Å². The maximum Gasteiger partial charge on any atom is 0.339 e. The van der Waals surface area contributed by atoms with Crippen molar-refractivity contribution in [3.8, 4) is 11.5 Å². The quantitative estimate of drug-likeness (QED) is 0.646. The molecule has 0 bridgehead atoms. The molecule has 0 spiro atoms. The van der Waals surface area contributed by atoms with Gasteiger partial charge in [0.15, 0.2) is 11.5 Å². The van der Waals surface area contributed by atoms with Gasteiger partial charge in [0, 0.05) is 12.1 Å². The van der Waals surface area contributed by atoms with Crippen LogP contribution in [0.1, 0.15) is 15.9 Å². The van der Waals surface area contributed by atoms with Crippen LogP contribution in [-0.2, 0) is 6.54 Å². The highest BCUT2D eigenvalue weighted by Crippen LogP contribution is 2.33. The minimum atomic E-state index is -1.26. The molecule has 1 aromatic rings. The van der Waals surface area contributed by atoms with E-state index in [9.17, 15) is 15.0 Å². The Hall–Kier alpha value is -1.75. The molecule has 5 heteroatoms. The van der Waals surface area contributed by atoms with Crippen molar-refractivity contribution in [1.29, 1.82) is 0 Å². The highest BCUT2D eigenvalue weighted by atomic mass is 16.4. The summed E-state index contributed by atoms with van der Waals surface area (Å²) in [6.45, 7) is 0.430. The third-order valence-electron chi connectivity index (χ3n) is 1.95. The molecule has 0 saturated carbocycles. The minimum Gasteiger partial charge on any atom is -0.504 e. The number of phenols is 2. The SMILES string of the molecule is CN(C)Cc1ccc(C(=O)O)c(O)c1O. The number of carboxylic acid groups (broad SMARTS) is 1. The molecule has 0 amide bonds. The second kappa shape index (κ2) is 4.18. The van der Waals surface area contributed by atoms with Crippen LogP contribution in [0, 0.1) is 0 Å². The van der Waals surface area contributed by atoms with Gasteiger partial charge in [0.05, 0.1) is 0 Å². The maximum atomic E-state index is 10.6. The van der Waals surface area contributed by atoms with Crippen molar-refractivity contribution in [3.05, 3.63) is 23.3 Å². The van der Waals surface area contributed by atoms with Crippen LogP contribution < -0.4 is 0 Å². The maximum absolute atomic E-state index is 10.6. The van der Waals surface area contributed by atoms with Gasteiger partial charge in [-0.25, -0.2) is 4.79 Å². The van der Waals surface area contributed by atoms with Crippen molar-refractivity contribution in [2.45, 2.75) is 6.54 Å². The molecule has 0 aliphatic heterocycles. The van der Waals surface area contributed by atoms with E-state index in [-0.39, 0.29) is 11.3 Å². The van der Waals surface area contributed by atoms with E-state index in [0.29, 0.717) is 12.1 Å². The topological polar surface area (TPSA) is 81.0 Å². The number of hydrogen-bond acceptors (Lipinski definition) is 4. The zero-order valence-corrected chi connectivity index (χ0v) is 8.56. The Morgan fingerprint density at radius 3 is 2.33 bits per heavy atom. The summed E-state index contributed by atoms with van der Waals surface area (Å²) in [5.41, 5.74) is 0.192. The summed E-state index contributed by atoms with van der Waals surface area (Å²) in [7, 11) is 3.61. The molecule has 0 heterocycles. The van der Waals surface area contributed by atoms with E-state index in [1.54, 1.807) is 4.90 Å². The van der Waals surface area contributed by atoms with E-state index in [2.05, 4.69) is 0 Å². The van der Waals surface area contributed by atoms with E-state index < -0.39 is 11.7 Å². The molecule has 0 fully saturated rings. The van der Waals surface area contributed by atoms with Crippen molar-refractivity contribution in [3.63, 3.8) is 0 Å². The summed E-state index contributed by atoms with van der Waals surface area (Å²) >= 11 is 0. The van der Waals surface area contributed by atoms with Gasteiger partial charge in [0.1, 0.15) is 5.56 Å². The lowest BCUT2D eigenvalue weighted by molar-refractivity contribution is 0.0693. The molecular formula is C10H13NO4. The molecular weight excluding hydrogens is 198 g/mol. The van der Waals surface area contributed by atoms with Crippen LogP contribution in [0.3, 0.4) is 0 Å². The zero-order chi connectivity index (χ0) is 11.6. The number of phenolic OH excluding ortho intramolecular Hbond substituents is 1. The fourth-order valence-corrected chi connectivity index (χ4v) is 1.26. The molecule has 1 rings (SSSR count). The summed E-state index contributed by atoms with van der Waals surface area (Å²) in [5, 5.41) is 27.6. The fraction of sp³-hybridized carbons (Fsp3) is 0.300. The Bertz CT molecular complexity index is 387. The monoisotopic (exact) mass is 211 g/mol. The number of nitrogens with zero attached hydrogens (tertiary/aromatic N) is 1. The van der Waals surface area contributed by atoms with Crippen LogP contribution in [0.25, 0.3) is 0 Å². The first kappa shape index (κ1) is 11.3. The number of carbonyl (C=O) groups is 1. The fourth-order valence-electron chi connectivity index (χ4n) is 1.26. The van der Waals surface area contributed by atoms with E-state index in [1.165, 1.54) is 12.1 Å². The van der Waals surface area contributed by atoms with Gasteiger partial charge in [-0.15, -0.1) is 0 Å². The predicted molar refractivity (Wildman–Crippen MR) is 54.1 cm³/mol. The number of aromatic carboxylic acids is 1. The van der Waals surface area contributed by atoms with Gasteiger partial charge in [0.2, 0.25) is 0 Å². The first-order valence-corrected chi connectivity index (χ1v) is 4.35. The third kappa shape index (κ3) is 2.38. The Morgan fingerprint density at radius 1 is 1.27 bits per heavy atom. The van der Waals surface area contributed by atoms with Crippen LogP contribution in [0.4, 0.5) is 0 Å². The van der Waals surface area contributed by atoms with Gasteiger partial charge in [-0.1, -0.05) is 6.07 Å². The average Bonchev–Trinajstić information content (AvgIpc) is 2.12. The summed E-state index contributed by atoms with van der Waals surface area (Å²) in [4.78, 5) is 12.4. The Balaban J connectivity index is 3.15. The van der Waals surface area contributed by atoms with E-state index >= 15 is 0 Å². The second-order valence-corrected chi connectivity index (χ2v) is 3.51. The molecule has 82 valence electrons. The van der Waals surface area contributed by atoms with Gasteiger partial charge in [-0.3, -0.25) is 0 Å². The van der Waals surface area contributed by atoms with E-state index in [4.69, 9.17) is 5.11 Å². The molecule has 0 aliphatic rings. The van der Waals surface area contributed by atoms with Crippen LogP contribution in [0.5, 0.6) is 11.5 Å². The van der Waals surface area contributed by atoms with Gasteiger partial charge < -0.3 is 20.2 Å². The molecule has 0 saturated heterocycles. The average molecular weight is 211 g/mol. The van der Waals surface area contributed by atoms with Crippen molar-refractivity contribution in [2.24, 2.45) is 0 Å². The molecule has 15 heavy (non-hydrogen) atoms. The molecule has 0 aliphatic carbocycles. The Morgan fingerprint density at radius 2 is 1.87 bits per heavy atom. The van der Waals surface area contributed by atoms with Crippen molar-refractivity contribution >= 4 is 5.97 Å². The Labute approximate surface area is 87.2 Å². The zero-order valence-electron chi connectivity index (χ0n) is 8.56. The van der Waals surface area contributed by atoms with E-state index in [0.717, 1.165) is 0 Å². The third-order valence-corrected chi connectivity index (χ3v) is 1.95. The molecule has 0 radical (unpaired) electrons. The number of aromatic hydroxyl groups is 2. The predicted octanol–water partition coefficient (Wildman–Crippen LogP) is 0.858. The van der Waals surface area contributed by atoms with Crippen LogP contribution in [0.15, 0.2) is 12.1 Å². The number of rotatable bonds is 3. The molecule has 0 atom stereocenters. The summed E-state index contributed by atoms with van der Waals surface area (Å²) in [5.74, 6) is -2.22. The van der Waals surface area contributed by atoms with Crippen LogP contribution >= 0.6 is 0 Å². The lowest BCUT2D eigenvalue weighted by Crippen LogP contribution is -2.11. The number of carboxylic acids is 1. The largest absolute Gasteiger partial charge is 0.504 e. The lowest BCUT2D eigenvalue weighted by Gasteiger charge is -2.12. The van der Waals surface area contributed by atoms with Gasteiger partial charge in [-0.2, -0.15) is 0 Å². The van der Waals surface area contributed by atoms with Crippen molar-refractivity contribution in [1.82, 2.24) is 4.90 Å². The molecule has 5 nitrogen and oxygen atoms in total. The van der Waals surface area contributed by atoms with Gasteiger partial charge in [-0.05, 0) is 20.2 Å². The standard InChI is InChI=1S/C10H13NO4/c1-11(2)5-6-3-4-7(10(14)15)9(13)8(6)12/h3-4,12-13H,5H2,1-2H3,(H,14,15). The van der Waals surface area contributed by atoms with Gasteiger partial charge >= 0.3 is 5.97 Å². The summed E-state index contributed by atoms with van der Waals surface area (Å²) < 4.78 is 0. The molecule has 3 N–H and O–H groups in total. The summed E-state index contributed by atoms with van der Waals surface area (Å²) in [6, 6.07) is 2.76. The first-order valence-electron chi connectivity index (χ1n) is 4.35. The molecule has 0 unspecified atom stereocenters. The van der Waals surface area contributed by atoms with E-state index in [1.807, 2.05) is 14.1 Å². The van der Waals surface area contributed by atoms with Crippen LogP contribution in [0.2, 0.25) is 0 Å². The van der Waals surface area contributed by atoms with Crippen LogP contribution in [-0.4, -0.2) is 40.3 Å². The van der Waals surface area contributed by atoms with Gasteiger partial charge in [0.25, 0.3) is 0 Å². The second-order valence-electron chi connectivity index (χ2n) is 3.51. The molecule has 0 aromatic heterocycles. The normalized spacial score (nSPS) is 10.6. The summed E-state index contributed by atoms with van der Waals surface area (Å²) in [6.07, 6.45) is 0. The minimum absolute atomic E-state index is 0.296. The highest BCUT2D eigenvalue weighted by molar-refractivity contribution is 5.92. The smallest absolute Gasteiger partial charge is 0.339 e. The Kier molecular flexibility index (Phi) is 3.16. The number of hydrogen-bond donors (Lipinski definition) is 3. The lowest BCUT2D eigenvalue weighted by atomic mass is 10.1. The highest BCUT2D eigenvalue weighted by Gasteiger charge is 2.16. The number of benzene rings is 1. The first-order chi connectivity index (χ1) is 6.93. The van der Waals surface area contributed by atoms with Crippen molar-refractivity contribution < 1.29 is 20.1 Å².